The highest BCUT2D eigenvalue weighted by Gasteiger charge is 2.13. The molecular formula is C19H19N5O. The van der Waals surface area contributed by atoms with Gasteiger partial charge in [0.2, 0.25) is 0 Å². The van der Waals surface area contributed by atoms with Crippen molar-refractivity contribution in [2.45, 2.75) is 13.5 Å². The van der Waals surface area contributed by atoms with Gasteiger partial charge in [0.1, 0.15) is 17.3 Å². The molecule has 0 aliphatic rings. The maximum absolute atomic E-state index is 12.4. The van der Waals surface area contributed by atoms with Crippen molar-refractivity contribution in [3.05, 3.63) is 78.0 Å². The van der Waals surface area contributed by atoms with Crippen LogP contribution in [0.1, 0.15) is 21.9 Å². The first-order valence-electron chi connectivity index (χ1n) is 7.95. The van der Waals surface area contributed by atoms with Crippen LogP contribution in [0.5, 0.6) is 0 Å². The summed E-state index contributed by atoms with van der Waals surface area (Å²) in [5.74, 6) is 0.993. The van der Waals surface area contributed by atoms with Crippen molar-refractivity contribution in [1.82, 2.24) is 20.3 Å². The molecule has 0 spiro atoms. The van der Waals surface area contributed by atoms with E-state index in [2.05, 4.69) is 20.3 Å². The van der Waals surface area contributed by atoms with E-state index in [0.29, 0.717) is 23.9 Å². The molecule has 0 fully saturated rings. The number of nitrogens with one attached hydrogen (secondary N) is 1. The minimum absolute atomic E-state index is 0.231. The third kappa shape index (κ3) is 4.17. The Balaban J connectivity index is 1.78. The molecule has 0 saturated carbocycles. The van der Waals surface area contributed by atoms with Crippen LogP contribution in [0, 0.1) is 6.92 Å². The maximum atomic E-state index is 12.4. The summed E-state index contributed by atoms with van der Waals surface area (Å²) < 4.78 is 0. The molecule has 2 heterocycles. The number of aryl methyl sites for hydroxylation is 1. The van der Waals surface area contributed by atoms with Crippen LogP contribution in [0.15, 0.2) is 60.9 Å². The predicted octanol–water partition coefficient (Wildman–Crippen LogP) is 2.88. The van der Waals surface area contributed by atoms with Crippen molar-refractivity contribution >= 4 is 17.4 Å². The molecule has 126 valence electrons. The molecule has 0 aliphatic carbocycles. The number of pyridine rings is 1. The number of rotatable bonds is 5. The monoisotopic (exact) mass is 333 g/mol. The summed E-state index contributed by atoms with van der Waals surface area (Å²) in [5, 5.41) is 2.87. The minimum Gasteiger partial charge on any atom is -0.347 e. The number of aromatic nitrogens is 3. The quantitative estimate of drug-likeness (QED) is 0.777. The van der Waals surface area contributed by atoms with E-state index in [1.54, 1.807) is 25.4 Å². The summed E-state index contributed by atoms with van der Waals surface area (Å²) in [5.41, 5.74) is 2.32. The van der Waals surface area contributed by atoms with Crippen molar-refractivity contribution in [2.75, 3.05) is 11.9 Å². The standard InChI is InChI=1S/C19H19N5O/c1-14-22-17(19(25)21-13-15-8-10-20-11-9-15)12-18(23-14)24(2)16-6-4-3-5-7-16/h3-12H,13H2,1-2H3,(H,21,25). The summed E-state index contributed by atoms with van der Waals surface area (Å²) in [4.78, 5) is 27.0. The van der Waals surface area contributed by atoms with Crippen LogP contribution < -0.4 is 10.2 Å². The first-order valence-corrected chi connectivity index (χ1v) is 7.95. The Morgan fingerprint density at radius 1 is 1.08 bits per heavy atom. The van der Waals surface area contributed by atoms with Crippen LogP contribution in [-0.4, -0.2) is 27.9 Å². The Hall–Kier alpha value is -3.28. The van der Waals surface area contributed by atoms with Crippen LogP contribution in [0.4, 0.5) is 11.5 Å². The van der Waals surface area contributed by atoms with E-state index in [9.17, 15) is 4.79 Å². The first kappa shape index (κ1) is 16.6. The van der Waals surface area contributed by atoms with Gasteiger partial charge < -0.3 is 10.2 Å². The van der Waals surface area contributed by atoms with Gasteiger partial charge in [0, 0.05) is 37.7 Å². The van der Waals surface area contributed by atoms with Crippen LogP contribution in [0.2, 0.25) is 0 Å². The highest BCUT2D eigenvalue weighted by Crippen LogP contribution is 2.21. The van der Waals surface area contributed by atoms with Gasteiger partial charge in [0.05, 0.1) is 0 Å². The summed E-state index contributed by atoms with van der Waals surface area (Å²) >= 11 is 0. The number of amides is 1. The van der Waals surface area contributed by atoms with Crippen LogP contribution in [-0.2, 0) is 6.54 Å². The van der Waals surface area contributed by atoms with Crippen molar-refractivity contribution in [3.8, 4) is 0 Å². The zero-order chi connectivity index (χ0) is 17.6. The first-order chi connectivity index (χ1) is 12.1. The van der Waals surface area contributed by atoms with Crippen LogP contribution in [0.25, 0.3) is 0 Å². The number of para-hydroxylation sites is 1. The average Bonchev–Trinajstić information content (AvgIpc) is 2.66. The number of nitrogens with zero attached hydrogens (tertiary/aromatic N) is 4. The van der Waals surface area contributed by atoms with Crippen molar-refractivity contribution in [1.29, 1.82) is 0 Å². The van der Waals surface area contributed by atoms with Gasteiger partial charge in [-0.15, -0.1) is 0 Å². The van der Waals surface area contributed by atoms with Crippen molar-refractivity contribution < 1.29 is 4.79 Å². The number of benzene rings is 1. The third-order valence-electron chi connectivity index (χ3n) is 3.75. The van der Waals surface area contributed by atoms with Gasteiger partial charge in [0.15, 0.2) is 0 Å². The van der Waals surface area contributed by atoms with Gasteiger partial charge >= 0.3 is 0 Å². The minimum atomic E-state index is -0.231. The fraction of sp³-hybridized carbons (Fsp3) is 0.158. The lowest BCUT2D eigenvalue weighted by molar-refractivity contribution is 0.0945. The third-order valence-corrected chi connectivity index (χ3v) is 3.75. The van der Waals surface area contributed by atoms with E-state index in [-0.39, 0.29) is 5.91 Å². The average molecular weight is 333 g/mol. The lowest BCUT2D eigenvalue weighted by Crippen LogP contribution is -2.25. The van der Waals surface area contributed by atoms with Crippen molar-refractivity contribution in [2.24, 2.45) is 0 Å². The zero-order valence-corrected chi connectivity index (χ0v) is 14.2. The van der Waals surface area contributed by atoms with Crippen molar-refractivity contribution in [3.63, 3.8) is 0 Å². The molecular weight excluding hydrogens is 314 g/mol. The van der Waals surface area contributed by atoms with E-state index >= 15 is 0 Å². The fourth-order valence-electron chi connectivity index (χ4n) is 2.40. The van der Waals surface area contributed by atoms with Gasteiger partial charge in [-0.2, -0.15) is 0 Å². The van der Waals surface area contributed by atoms with Gasteiger partial charge in [-0.05, 0) is 36.8 Å². The second-order valence-corrected chi connectivity index (χ2v) is 5.59. The second-order valence-electron chi connectivity index (χ2n) is 5.59. The molecule has 0 bridgehead atoms. The molecule has 3 rings (SSSR count). The number of hydrogen-bond acceptors (Lipinski definition) is 5. The summed E-state index contributed by atoms with van der Waals surface area (Å²) in [6.45, 7) is 2.20. The van der Waals surface area contributed by atoms with E-state index in [0.717, 1.165) is 11.3 Å². The molecule has 25 heavy (non-hydrogen) atoms. The Morgan fingerprint density at radius 3 is 2.52 bits per heavy atom. The van der Waals surface area contributed by atoms with Gasteiger partial charge in [-0.25, -0.2) is 9.97 Å². The van der Waals surface area contributed by atoms with Crippen LogP contribution in [0.3, 0.4) is 0 Å². The summed E-state index contributed by atoms with van der Waals surface area (Å²) in [7, 11) is 1.91. The predicted molar refractivity (Wildman–Crippen MR) is 96.7 cm³/mol. The van der Waals surface area contributed by atoms with Gasteiger partial charge in [-0.3, -0.25) is 9.78 Å². The van der Waals surface area contributed by atoms with E-state index in [4.69, 9.17) is 0 Å². The summed E-state index contributed by atoms with van der Waals surface area (Å²) in [6, 6.07) is 15.3. The molecule has 0 atom stereocenters. The Kier molecular flexibility index (Phi) is 4.99. The zero-order valence-electron chi connectivity index (χ0n) is 14.2. The highest BCUT2D eigenvalue weighted by molar-refractivity contribution is 5.93. The number of hydrogen-bond donors (Lipinski definition) is 1. The largest absolute Gasteiger partial charge is 0.347 e. The molecule has 1 aromatic carbocycles. The van der Waals surface area contributed by atoms with Crippen LogP contribution >= 0.6 is 0 Å². The molecule has 1 amide bonds. The molecule has 0 aliphatic heterocycles. The fourth-order valence-corrected chi connectivity index (χ4v) is 2.40. The van der Waals surface area contributed by atoms with Gasteiger partial charge in [-0.1, -0.05) is 18.2 Å². The molecule has 0 radical (unpaired) electrons. The number of carbonyl (C=O) groups excluding carboxylic acids is 1. The molecule has 0 unspecified atom stereocenters. The number of carbonyl (C=O) groups is 1. The molecule has 6 nitrogen and oxygen atoms in total. The molecule has 2 aromatic heterocycles. The maximum Gasteiger partial charge on any atom is 0.270 e. The molecule has 3 aromatic rings. The smallest absolute Gasteiger partial charge is 0.270 e. The van der Waals surface area contributed by atoms with E-state index < -0.39 is 0 Å². The van der Waals surface area contributed by atoms with E-state index in [1.807, 2.05) is 54.4 Å². The number of anilines is 2. The topological polar surface area (TPSA) is 71.0 Å². The van der Waals surface area contributed by atoms with Gasteiger partial charge in [0.25, 0.3) is 5.91 Å². The lowest BCUT2D eigenvalue weighted by Gasteiger charge is -2.19. The Labute approximate surface area is 146 Å². The lowest BCUT2D eigenvalue weighted by atomic mass is 10.2. The second kappa shape index (κ2) is 7.53. The molecule has 1 N–H and O–H groups in total. The van der Waals surface area contributed by atoms with E-state index in [1.165, 1.54) is 0 Å². The molecule has 6 heteroatoms. The Morgan fingerprint density at radius 2 is 1.80 bits per heavy atom. The highest BCUT2D eigenvalue weighted by atomic mass is 16.1. The Bertz CT molecular complexity index is 852. The summed E-state index contributed by atoms with van der Waals surface area (Å²) in [6.07, 6.45) is 3.40. The molecule has 0 saturated heterocycles. The SMILES string of the molecule is Cc1nc(C(=O)NCc2ccncc2)cc(N(C)c2ccccc2)n1. The normalized spacial score (nSPS) is 10.3.